The van der Waals surface area contributed by atoms with E-state index in [-0.39, 0.29) is 131 Å². The van der Waals surface area contributed by atoms with Gasteiger partial charge in [-0.15, -0.1) is 0 Å². The number of aromatic hydroxyl groups is 2. The summed E-state index contributed by atoms with van der Waals surface area (Å²) in [5, 5.41) is 55.9. The van der Waals surface area contributed by atoms with Crippen LogP contribution in [-0.4, -0.2) is 213 Å². The van der Waals surface area contributed by atoms with E-state index in [9.17, 15) is 44.1 Å². The van der Waals surface area contributed by atoms with E-state index in [2.05, 4.69) is 36.3 Å². The number of hydrogen-bond donors (Lipinski definition) is 7. The van der Waals surface area contributed by atoms with E-state index < -0.39 is 108 Å². The predicted octanol–water partition coefficient (Wildman–Crippen LogP) is 2.34. The zero-order valence-corrected chi connectivity index (χ0v) is 49.5. The molecule has 4 amide bonds. The number of carbonyl (C=O) groups is 6. The van der Waals surface area contributed by atoms with Crippen molar-refractivity contribution < 1.29 is 91.5 Å². The Morgan fingerprint density at radius 1 is 0.742 bits per heavy atom. The van der Waals surface area contributed by atoms with Crippen LogP contribution in [0.1, 0.15) is 87.2 Å². The SMILES string of the molecule is COc1cccc2c1C(=O)c1c(O)c3c(c(O)c1C2=O)C[C@@](O)(C(=O)NCC(=O)NCCOCCOCCOCCOCCC(=O)NCCC(=O)N1Cc2ccccc2-c2n[nH]nc2-c2ccccc21)C[C@@H]3O[C@H]1C[C@H]2[C@H](O[C@@H]3[C@@H](OC)OCCN32)[C@H](C)O1. The van der Waals surface area contributed by atoms with Gasteiger partial charge < -0.3 is 83.5 Å². The Labute approximate surface area is 511 Å². The number of phenols is 2. The quantitative estimate of drug-likeness (QED) is 0.0319. The van der Waals surface area contributed by atoms with Gasteiger partial charge in [0.1, 0.15) is 40.3 Å². The van der Waals surface area contributed by atoms with Crippen molar-refractivity contribution in [3.63, 3.8) is 0 Å². The molecule has 27 heteroatoms. The van der Waals surface area contributed by atoms with Gasteiger partial charge in [-0.05, 0) is 24.6 Å². The van der Waals surface area contributed by atoms with Crippen LogP contribution >= 0.6 is 0 Å². The van der Waals surface area contributed by atoms with Crippen LogP contribution < -0.4 is 25.6 Å². The topological polar surface area (TPSA) is 340 Å². The normalized spacial score (nSPS) is 23.2. The summed E-state index contributed by atoms with van der Waals surface area (Å²) >= 11 is 0. The van der Waals surface area contributed by atoms with Crippen LogP contribution in [0.15, 0.2) is 66.7 Å². The van der Waals surface area contributed by atoms with E-state index in [0.29, 0.717) is 31.1 Å². The number of anilines is 1. The lowest BCUT2D eigenvalue weighted by Gasteiger charge is -2.43. The van der Waals surface area contributed by atoms with Crippen LogP contribution in [0.5, 0.6) is 17.2 Å². The minimum atomic E-state index is -2.39. The molecule has 0 radical (unpaired) electrons. The van der Waals surface area contributed by atoms with E-state index in [1.165, 1.54) is 32.4 Å². The van der Waals surface area contributed by atoms with Crippen LogP contribution in [0.4, 0.5) is 5.69 Å². The smallest absolute Gasteiger partial charge is 0.252 e. The highest BCUT2D eigenvalue weighted by Crippen LogP contribution is 2.53. The maximum absolute atomic E-state index is 14.3. The number of para-hydroxylation sites is 1. The highest BCUT2D eigenvalue weighted by Gasteiger charge is 2.55. The van der Waals surface area contributed by atoms with Crippen LogP contribution in [0.3, 0.4) is 0 Å². The van der Waals surface area contributed by atoms with Crippen molar-refractivity contribution in [2.75, 3.05) is 105 Å². The number of morpholine rings is 1. The lowest BCUT2D eigenvalue weighted by atomic mass is 9.72. The molecule has 27 nitrogen and oxygen atoms in total. The molecule has 4 aliphatic heterocycles. The number of methoxy groups -OCH3 is 2. The van der Waals surface area contributed by atoms with Gasteiger partial charge in [0.05, 0.1) is 114 Å². The summed E-state index contributed by atoms with van der Waals surface area (Å²) < 4.78 is 58.3. The number of aromatic nitrogens is 3. The Morgan fingerprint density at radius 3 is 2.17 bits per heavy atom. The van der Waals surface area contributed by atoms with E-state index >= 15 is 0 Å². The van der Waals surface area contributed by atoms with E-state index in [1.807, 2.05) is 55.5 Å². The molecule has 1 aromatic heterocycles. The third-order valence-electron chi connectivity index (χ3n) is 16.7. The molecule has 0 bridgehead atoms. The first kappa shape index (κ1) is 62.8. The molecule has 4 aromatic carbocycles. The summed E-state index contributed by atoms with van der Waals surface area (Å²) in [5.41, 5.74) is 0.791. The summed E-state index contributed by atoms with van der Waals surface area (Å²) in [7, 11) is 2.86. The minimum Gasteiger partial charge on any atom is -0.507 e. The summed E-state index contributed by atoms with van der Waals surface area (Å²) in [6.07, 6.45) is -5.30. The highest BCUT2D eigenvalue weighted by atomic mass is 16.7. The van der Waals surface area contributed by atoms with Crippen molar-refractivity contribution in [3.8, 4) is 39.8 Å². The largest absolute Gasteiger partial charge is 0.507 e. The first-order valence-corrected chi connectivity index (χ1v) is 29.7. The molecule has 0 spiro atoms. The van der Waals surface area contributed by atoms with Gasteiger partial charge in [-0.25, -0.2) is 0 Å². The van der Waals surface area contributed by atoms with Gasteiger partial charge in [-0.1, -0.05) is 54.6 Å². The van der Waals surface area contributed by atoms with Gasteiger partial charge in [0.15, 0.2) is 24.6 Å². The fraction of sp³-hybridized carbons (Fsp3) is 0.484. The van der Waals surface area contributed by atoms with Gasteiger partial charge in [0.25, 0.3) is 5.91 Å². The standard InChI is InChI=1S/C62H72N8O19/c1-34-58-41(69-19-22-86-60(81-3)59(69)89-58)29-47(87-34)88-43-31-62(79,30-39-49(43)57(77)51-50(55(39)75)54(74)38-12-8-14-42(80-2)48(38)56(51)76)61(78)65-32-45(72)64-18-21-83-24-26-85-28-27-84-25-23-82-20-16-44(71)63-17-15-46(73)70-33-35-9-4-5-10-36(35)52-53(67-68-66-52)37-11-6-7-13-40(37)70/h4-14,34,41,43,47,58-60,75,77,79H,15-33H2,1-3H3,(H,63,71)(H,64,72)(H,65,78)(H,66,67,68)/t34-,41-,43-,47-,58+,59+,60-,62-/m0/s1. The molecule has 0 saturated carbocycles. The first-order valence-electron chi connectivity index (χ1n) is 29.7. The molecule has 8 atom stereocenters. The van der Waals surface area contributed by atoms with Crippen molar-refractivity contribution in [2.24, 2.45) is 0 Å². The molecule has 3 fully saturated rings. The number of aromatic amines is 1. The summed E-state index contributed by atoms with van der Waals surface area (Å²) in [6, 6.07) is 19.5. The van der Waals surface area contributed by atoms with Gasteiger partial charge in [-0.2, -0.15) is 15.4 Å². The van der Waals surface area contributed by atoms with Crippen molar-refractivity contribution in [3.05, 3.63) is 106 Å². The molecule has 0 unspecified atom stereocenters. The molecule has 6 aliphatic rings. The third-order valence-corrected chi connectivity index (χ3v) is 16.7. The monoisotopic (exact) mass is 1230 g/mol. The van der Waals surface area contributed by atoms with Crippen molar-refractivity contribution >= 4 is 40.9 Å². The minimum absolute atomic E-state index is 0.0769. The zero-order chi connectivity index (χ0) is 62.3. The first-order chi connectivity index (χ1) is 43.2. The number of fused-ring (bicyclic) bond motifs is 11. The van der Waals surface area contributed by atoms with Gasteiger partial charge in [0.2, 0.25) is 23.5 Å². The number of amides is 4. The van der Waals surface area contributed by atoms with Gasteiger partial charge in [0, 0.05) is 92.7 Å². The summed E-state index contributed by atoms with van der Waals surface area (Å²) in [4.78, 5) is 85.5. The second-order valence-electron chi connectivity index (χ2n) is 22.2. The average Bonchev–Trinajstić information content (AvgIpc) is 1.02. The van der Waals surface area contributed by atoms with Gasteiger partial charge >= 0.3 is 0 Å². The third kappa shape index (κ3) is 13.1. The van der Waals surface area contributed by atoms with Crippen LogP contribution in [0.25, 0.3) is 22.5 Å². The molecule has 11 rings (SSSR count). The zero-order valence-electron chi connectivity index (χ0n) is 49.5. The second-order valence-corrected chi connectivity index (χ2v) is 22.2. The number of aliphatic hydroxyl groups is 1. The van der Waals surface area contributed by atoms with E-state index in [1.54, 1.807) is 4.90 Å². The molecule has 5 heterocycles. The van der Waals surface area contributed by atoms with Crippen molar-refractivity contribution in [1.29, 1.82) is 0 Å². The number of benzene rings is 4. The summed E-state index contributed by atoms with van der Waals surface area (Å²) in [6.45, 7) is 4.56. The molecular weight excluding hydrogens is 1160 g/mol. The lowest BCUT2D eigenvalue weighted by Crippen LogP contribution is -2.55. The van der Waals surface area contributed by atoms with Crippen LogP contribution in [-0.2, 0) is 74.8 Å². The number of nitrogens with zero attached hydrogens (tertiary/aromatic N) is 4. The number of ketones is 2. The van der Waals surface area contributed by atoms with Crippen LogP contribution in [0, 0.1) is 0 Å². The Hall–Kier alpha value is -7.80. The maximum Gasteiger partial charge on any atom is 0.252 e. The van der Waals surface area contributed by atoms with Gasteiger partial charge in [-0.3, -0.25) is 33.7 Å². The Balaban J connectivity index is 0.582. The molecule has 7 N–H and O–H groups in total. The fourth-order valence-corrected chi connectivity index (χ4v) is 12.5. The maximum atomic E-state index is 14.3. The van der Waals surface area contributed by atoms with E-state index in [4.69, 9.17) is 47.4 Å². The van der Waals surface area contributed by atoms with E-state index in [0.717, 1.165) is 22.4 Å². The molecule has 89 heavy (non-hydrogen) atoms. The number of H-pyrrole nitrogens is 1. The predicted molar refractivity (Wildman–Crippen MR) is 312 cm³/mol. The number of phenolic OH excluding ortho intramolecular Hbond substituents is 2. The van der Waals surface area contributed by atoms with Crippen molar-refractivity contribution in [2.45, 2.75) is 94.3 Å². The average molecular weight is 1230 g/mol. The Morgan fingerprint density at radius 2 is 1.42 bits per heavy atom. The number of hydrogen-bond acceptors (Lipinski definition) is 22. The fourth-order valence-electron chi connectivity index (χ4n) is 12.5. The number of nitrogens with one attached hydrogen (secondary N) is 4. The Bertz CT molecular complexity index is 3450. The van der Waals surface area contributed by atoms with Crippen LogP contribution in [0.2, 0.25) is 0 Å². The molecule has 2 aliphatic carbocycles. The van der Waals surface area contributed by atoms with Crippen molar-refractivity contribution in [1.82, 2.24) is 36.3 Å². The second kappa shape index (κ2) is 27.9. The molecule has 5 aromatic rings. The summed E-state index contributed by atoms with van der Waals surface area (Å²) in [5.74, 6) is -4.91. The lowest BCUT2D eigenvalue weighted by molar-refractivity contribution is -0.256. The number of ether oxygens (including phenoxy) is 10. The number of carbonyl (C=O) groups excluding carboxylic acids is 6. The number of rotatable bonds is 25. The Kier molecular flexibility index (Phi) is 19.7. The molecule has 474 valence electrons. The highest BCUT2D eigenvalue weighted by molar-refractivity contribution is 6.31. The molecular formula is C62H72N8O19. The molecule has 3 saturated heterocycles.